The zero-order valence-electron chi connectivity index (χ0n) is 25.8. The normalized spacial score (nSPS) is 17.1. The summed E-state index contributed by atoms with van der Waals surface area (Å²) in [4.78, 5) is 0. The summed E-state index contributed by atoms with van der Waals surface area (Å²) in [5.74, 6) is -4.88. The van der Waals surface area contributed by atoms with E-state index < -0.39 is 42.2 Å². The van der Waals surface area contributed by atoms with Crippen molar-refractivity contribution in [2.24, 2.45) is 0 Å². The van der Waals surface area contributed by atoms with Gasteiger partial charge in [-0.05, 0) is 20.2 Å². The maximum atomic E-state index is 8.84. The van der Waals surface area contributed by atoms with E-state index in [1.807, 2.05) is 0 Å². The van der Waals surface area contributed by atoms with Gasteiger partial charge in [0, 0.05) is 0 Å². The highest BCUT2D eigenvalue weighted by Gasteiger charge is 2.83. The minimum Gasteiger partial charge on any atom is -0.176 e. The highest BCUT2D eigenvalue weighted by Crippen LogP contribution is 2.65. The van der Waals surface area contributed by atoms with E-state index in [9.17, 15) is 0 Å². The number of hydrogen-bond donors (Lipinski definition) is 0. The fourth-order valence-electron chi connectivity index (χ4n) is 5.35. The van der Waals surface area contributed by atoms with Crippen molar-refractivity contribution >= 4 is 64.4 Å². The third kappa shape index (κ3) is 4.43. The lowest BCUT2D eigenvalue weighted by atomic mass is 10.2. The standard InChI is InChI=1S/C24H60Cl2Si6/c1-21(2,3)27(13,14)31(25,28(15,16)22(4,5)6)32(26,29(17,18)23(7,8)9)30(19,20)24(10,11)12/h1-20H3. The second-order valence-electron chi connectivity index (χ2n) is 16.8. The Morgan fingerprint density at radius 2 is 0.406 bits per heavy atom. The molecule has 0 aliphatic carbocycles. The van der Waals surface area contributed by atoms with Gasteiger partial charge in [0.1, 0.15) is 11.9 Å². The molecule has 0 saturated heterocycles. The minimum atomic E-state index is -2.44. The summed E-state index contributed by atoms with van der Waals surface area (Å²) >= 11 is 17.7. The molecule has 0 saturated carbocycles. The Morgan fingerprint density at radius 3 is 0.469 bits per heavy atom. The Kier molecular flexibility index (Phi) is 9.24. The van der Waals surface area contributed by atoms with Crippen LogP contribution in [0.1, 0.15) is 83.1 Å². The van der Waals surface area contributed by atoms with E-state index in [0.717, 1.165) is 0 Å². The van der Waals surface area contributed by atoms with Gasteiger partial charge in [-0.3, -0.25) is 0 Å². The SMILES string of the molecule is CC(C)(C)[Si](C)(C)[Si](Cl)([Si](C)(C)C(C)(C)C)[Si](Cl)([Si](C)(C)C(C)(C)C)[Si](C)(C)C(C)(C)C. The van der Waals surface area contributed by atoms with Crippen molar-refractivity contribution in [2.45, 2.75) is 156 Å². The average molecular weight is 588 g/mol. The van der Waals surface area contributed by atoms with Gasteiger partial charge in [-0.1, -0.05) is 135 Å². The van der Waals surface area contributed by atoms with Crippen LogP contribution in [0.2, 0.25) is 72.5 Å². The van der Waals surface area contributed by atoms with E-state index >= 15 is 0 Å². The molecule has 0 aromatic rings. The van der Waals surface area contributed by atoms with E-state index in [4.69, 9.17) is 22.2 Å². The van der Waals surface area contributed by atoms with Crippen LogP contribution in [0.5, 0.6) is 0 Å². The smallest absolute Gasteiger partial charge is 0.144 e. The van der Waals surface area contributed by atoms with Crippen LogP contribution in [-0.2, 0) is 0 Å². The molecule has 0 spiro atoms. The maximum absolute atomic E-state index is 8.84. The Bertz CT molecular complexity index is 571. The Labute approximate surface area is 218 Å². The first-order valence-corrected chi connectivity index (χ1v) is 35.7. The number of halogens is 2. The average Bonchev–Trinajstić information content (AvgIpc) is 2.47. The molecule has 194 valence electrons. The lowest BCUT2D eigenvalue weighted by molar-refractivity contribution is 0.723. The third-order valence-corrected chi connectivity index (χ3v) is 163. The summed E-state index contributed by atoms with van der Waals surface area (Å²) < 4.78 is 0. The molecular formula is C24H60Cl2Si6. The molecule has 0 rings (SSSR count). The van der Waals surface area contributed by atoms with Gasteiger partial charge in [0.15, 0.2) is 0 Å². The van der Waals surface area contributed by atoms with Gasteiger partial charge in [-0.25, -0.2) is 0 Å². The van der Waals surface area contributed by atoms with E-state index in [-0.39, 0.29) is 20.2 Å². The maximum Gasteiger partial charge on any atom is 0.144 e. The molecule has 0 fully saturated rings. The third-order valence-electron chi connectivity index (χ3n) is 11.4. The molecular weight excluding hydrogens is 528 g/mol. The Hall–Kier alpha value is 1.88. The van der Waals surface area contributed by atoms with Gasteiger partial charge in [0.05, 0.1) is 30.4 Å². The highest BCUT2D eigenvalue weighted by molar-refractivity contribution is 8.23. The molecule has 0 radical (unpaired) electrons. The molecule has 0 aliphatic rings. The monoisotopic (exact) mass is 586 g/mol. The molecule has 8 heteroatoms. The zero-order valence-corrected chi connectivity index (χ0v) is 33.3. The second kappa shape index (κ2) is 8.73. The van der Waals surface area contributed by atoms with E-state index in [1.54, 1.807) is 0 Å². The molecule has 0 bridgehead atoms. The molecule has 0 amide bonds. The van der Waals surface area contributed by atoms with Crippen molar-refractivity contribution in [2.75, 3.05) is 0 Å². The zero-order chi connectivity index (χ0) is 27.0. The van der Waals surface area contributed by atoms with Crippen LogP contribution in [-0.4, -0.2) is 42.2 Å². The van der Waals surface area contributed by atoms with Crippen LogP contribution in [0.15, 0.2) is 0 Å². The van der Waals surface area contributed by atoms with Crippen molar-refractivity contribution in [3.63, 3.8) is 0 Å². The van der Waals surface area contributed by atoms with Crippen LogP contribution < -0.4 is 0 Å². The first kappa shape index (κ1) is 33.9. The summed E-state index contributed by atoms with van der Waals surface area (Å²) in [5, 5.41) is 0.978. The molecule has 0 heterocycles. The molecule has 0 nitrogen and oxygen atoms in total. The lowest BCUT2D eigenvalue weighted by Gasteiger charge is -2.71. The molecule has 0 N–H and O–H groups in total. The van der Waals surface area contributed by atoms with E-state index in [0.29, 0.717) is 0 Å². The molecule has 0 aliphatic heterocycles. The molecule has 0 aromatic heterocycles. The van der Waals surface area contributed by atoms with Crippen LogP contribution in [0.3, 0.4) is 0 Å². The van der Waals surface area contributed by atoms with Crippen molar-refractivity contribution < 1.29 is 0 Å². The van der Waals surface area contributed by atoms with Gasteiger partial charge in [0.2, 0.25) is 0 Å². The fourth-order valence-corrected chi connectivity index (χ4v) is 238. The minimum absolute atomic E-state index is 0.244. The van der Waals surface area contributed by atoms with Crippen molar-refractivity contribution in [3.8, 4) is 0 Å². The van der Waals surface area contributed by atoms with Crippen LogP contribution in [0.4, 0.5) is 0 Å². The summed E-state index contributed by atoms with van der Waals surface area (Å²) in [6.45, 7) is 51.4. The van der Waals surface area contributed by atoms with Crippen molar-refractivity contribution in [1.82, 2.24) is 0 Å². The number of hydrogen-bond acceptors (Lipinski definition) is 0. The Balaban J connectivity index is 8.37. The van der Waals surface area contributed by atoms with Crippen molar-refractivity contribution in [3.05, 3.63) is 0 Å². The topological polar surface area (TPSA) is 0 Å². The summed E-state index contributed by atoms with van der Waals surface area (Å²) in [6.07, 6.45) is 0. The lowest BCUT2D eigenvalue weighted by Crippen LogP contribution is -2.97. The van der Waals surface area contributed by atoms with Gasteiger partial charge in [-0.15, -0.1) is 0 Å². The summed E-state index contributed by atoms with van der Waals surface area (Å²) in [5.41, 5.74) is 0. The molecule has 0 unspecified atom stereocenters. The van der Waals surface area contributed by atoms with Crippen LogP contribution >= 0.6 is 22.2 Å². The van der Waals surface area contributed by atoms with Gasteiger partial charge < -0.3 is 0 Å². The molecule has 32 heavy (non-hydrogen) atoms. The summed E-state index contributed by atoms with van der Waals surface area (Å²) in [7, 11) is -7.80. The largest absolute Gasteiger partial charge is 0.176 e. The van der Waals surface area contributed by atoms with Crippen LogP contribution in [0.25, 0.3) is 0 Å². The fraction of sp³-hybridized carbons (Fsp3) is 1.00. The highest BCUT2D eigenvalue weighted by atomic mass is 35.6. The van der Waals surface area contributed by atoms with Crippen LogP contribution in [0, 0.1) is 0 Å². The van der Waals surface area contributed by atoms with Gasteiger partial charge in [-0.2, -0.15) is 22.2 Å². The van der Waals surface area contributed by atoms with Gasteiger partial charge in [0.25, 0.3) is 0 Å². The van der Waals surface area contributed by atoms with Gasteiger partial charge >= 0.3 is 0 Å². The molecule has 0 atom stereocenters. The first-order valence-electron chi connectivity index (χ1n) is 12.6. The quantitative estimate of drug-likeness (QED) is 0.222. The first-order chi connectivity index (χ1) is 13.2. The van der Waals surface area contributed by atoms with E-state index in [2.05, 4.69) is 135 Å². The second-order valence-corrected chi connectivity index (χ2v) is 85.1. The predicted molar refractivity (Wildman–Crippen MR) is 172 cm³/mol. The summed E-state index contributed by atoms with van der Waals surface area (Å²) in [6, 6.07) is 0. The number of rotatable bonds is 5. The Morgan fingerprint density at radius 1 is 0.312 bits per heavy atom. The van der Waals surface area contributed by atoms with E-state index in [1.165, 1.54) is 0 Å². The molecule has 0 aromatic carbocycles. The predicted octanol–water partition coefficient (Wildman–Crippen LogP) is 10.8. The van der Waals surface area contributed by atoms with Crippen molar-refractivity contribution in [1.29, 1.82) is 0 Å².